The number of nitrogens with one attached hydrogen (secondary N) is 1. The number of rotatable bonds is 6. The first-order valence-corrected chi connectivity index (χ1v) is 6.49. The van der Waals surface area contributed by atoms with Gasteiger partial charge in [-0.1, -0.05) is 0 Å². The van der Waals surface area contributed by atoms with E-state index in [-0.39, 0.29) is 23.0 Å². The van der Waals surface area contributed by atoms with Crippen molar-refractivity contribution >= 4 is 35.3 Å². The molecule has 0 spiro atoms. The molecular formula is C12H13NO5S. The molecule has 6 nitrogen and oxygen atoms in total. The smallest absolute Gasteiger partial charge is 0.335 e. The second-order valence-corrected chi connectivity index (χ2v) is 4.76. The van der Waals surface area contributed by atoms with Crippen LogP contribution >= 0.6 is 11.8 Å². The molecule has 0 saturated carbocycles. The predicted octanol–water partition coefficient (Wildman–Crippen LogP) is 1.45. The number of thioether (sulfide) groups is 1. The zero-order valence-corrected chi connectivity index (χ0v) is 11.0. The molecular weight excluding hydrogens is 270 g/mol. The molecule has 19 heavy (non-hydrogen) atoms. The van der Waals surface area contributed by atoms with Gasteiger partial charge in [0.1, 0.15) is 0 Å². The van der Waals surface area contributed by atoms with Crippen LogP contribution in [0.4, 0.5) is 5.69 Å². The zero-order valence-electron chi connectivity index (χ0n) is 10.2. The van der Waals surface area contributed by atoms with Crippen molar-refractivity contribution in [2.45, 2.75) is 6.92 Å². The summed E-state index contributed by atoms with van der Waals surface area (Å²) in [6.07, 6.45) is 0. The Hall–Kier alpha value is -2.02. The first-order chi connectivity index (χ1) is 8.90. The standard InChI is InChI=1S/C12H13NO5S/c1-7-4-8(12(17)18)2-3-9(7)13-10(14)5-19-6-11(15)16/h2-4H,5-6H2,1H3,(H,13,14)(H,15,16)(H,17,18). The number of amides is 1. The average Bonchev–Trinajstić information content (AvgIpc) is 2.31. The van der Waals surface area contributed by atoms with E-state index in [1.807, 2.05) is 0 Å². The van der Waals surface area contributed by atoms with E-state index in [4.69, 9.17) is 10.2 Å². The first-order valence-electron chi connectivity index (χ1n) is 5.33. The highest BCUT2D eigenvalue weighted by molar-refractivity contribution is 8.00. The molecule has 1 amide bonds. The normalized spacial score (nSPS) is 9.95. The van der Waals surface area contributed by atoms with E-state index in [0.717, 1.165) is 11.8 Å². The molecule has 7 heteroatoms. The summed E-state index contributed by atoms with van der Waals surface area (Å²) in [5, 5.41) is 19.8. The molecule has 0 aliphatic carbocycles. The van der Waals surface area contributed by atoms with Crippen LogP contribution in [0.1, 0.15) is 15.9 Å². The monoisotopic (exact) mass is 283 g/mol. The lowest BCUT2D eigenvalue weighted by atomic mass is 10.1. The number of carbonyl (C=O) groups is 3. The Morgan fingerprint density at radius 2 is 1.89 bits per heavy atom. The van der Waals surface area contributed by atoms with Crippen molar-refractivity contribution in [2.75, 3.05) is 16.8 Å². The largest absolute Gasteiger partial charge is 0.481 e. The molecule has 0 atom stereocenters. The van der Waals surface area contributed by atoms with E-state index in [1.54, 1.807) is 6.92 Å². The lowest BCUT2D eigenvalue weighted by Crippen LogP contribution is -2.16. The maximum Gasteiger partial charge on any atom is 0.335 e. The molecule has 0 saturated heterocycles. The molecule has 102 valence electrons. The average molecular weight is 283 g/mol. The Balaban J connectivity index is 2.59. The zero-order chi connectivity index (χ0) is 14.4. The number of aryl methyl sites for hydroxylation is 1. The van der Waals surface area contributed by atoms with E-state index >= 15 is 0 Å². The predicted molar refractivity (Wildman–Crippen MR) is 71.7 cm³/mol. The fraction of sp³-hybridized carbons (Fsp3) is 0.250. The third-order valence-corrected chi connectivity index (χ3v) is 3.12. The van der Waals surface area contributed by atoms with Gasteiger partial charge in [0, 0.05) is 5.69 Å². The van der Waals surface area contributed by atoms with Crippen molar-refractivity contribution in [2.24, 2.45) is 0 Å². The van der Waals surface area contributed by atoms with Crippen LogP contribution in [-0.2, 0) is 9.59 Å². The molecule has 1 aromatic carbocycles. The molecule has 0 aliphatic rings. The quantitative estimate of drug-likeness (QED) is 0.730. The number of carbonyl (C=O) groups excluding carboxylic acids is 1. The Kier molecular flexibility index (Phi) is 5.37. The molecule has 0 bridgehead atoms. The maximum atomic E-state index is 11.5. The summed E-state index contributed by atoms with van der Waals surface area (Å²) in [6, 6.07) is 4.37. The molecule has 0 heterocycles. The lowest BCUT2D eigenvalue weighted by Gasteiger charge is -2.08. The molecule has 1 aromatic rings. The summed E-state index contributed by atoms with van der Waals surface area (Å²) >= 11 is 0.997. The SMILES string of the molecule is Cc1cc(C(=O)O)ccc1NC(=O)CSCC(=O)O. The Morgan fingerprint density at radius 1 is 1.21 bits per heavy atom. The van der Waals surface area contributed by atoms with Crippen molar-refractivity contribution in [3.63, 3.8) is 0 Å². The maximum absolute atomic E-state index is 11.5. The second-order valence-electron chi connectivity index (χ2n) is 3.77. The minimum absolute atomic E-state index is 0.0341. The van der Waals surface area contributed by atoms with Gasteiger partial charge in [0.15, 0.2) is 0 Å². The third kappa shape index (κ3) is 5.01. The third-order valence-electron chi connectivity index (χ3n) is 2.21. The number of anilines is 1. The first kappa shape index (κ1) is 15.0. The van der Waals surface area contributed by atoms with Gasteiger partial charge < -0.3 is 15.5 Å². The minimum atomic E-state index is -1.03. The van der Waals surface area contributed by atoms with E-state index < -0.39 is 11.9 Å². The Bertz CT molecular complexity index is 515. The van der Waals surface area contributed by atoms with E-state index in [9.17, 15) is 14.4 Å². The van der Waals surface area contributed by atoms with Crippen LogP contribution in [0.2, 0.25) is 0 Å². The highest BCUT2D eigenvalue weighted by Gasteiger charge is 2.09. The van der Waals surface area contributed by atoms with Gasteiger partial charge in [-0.25, -0.2) is 4.79 Å². The fourth-order valence-electron chi connectivity index (χ4n) is 1.35. The van der Waals surface area contributed by atoms with Crippen LogP contribution in [0.5, 0.6) is 0 Å². The molecule has 0 aliphatic heterocycles. The van der Waals surface area contributed by atoms with Gasteiger partial charge in [0.25, 0.3) is 0 Å². The van der Waals surface area contributed by atoms with Gasteiger partial charge in [-0.3, -0.25) is 9.59 Å². The topological polar surface area (TPSA) is 104 Å². The summed E-state index contributed by atoms with van der Waals surface area (Å²) in [4.78, 5) is 32.6. The van der Waals surface area contributed by atoms with Crippen molar-refractivity contribution in [1.29, 1.82) is 0 Å². The number of carboxylic acids is 2. The van der Waals surface area contributed by atoms with Gasteiger partial charge in [0.2, 0.25) is 5.91 Å². The fourth-order valence-corrected chi connectivity index (χ4v) is 1.89. The summed E-state index contributed by atoms with van der Waals surface area (Å²) in [6.45, 7) is 1.69. The number of hydrogen-bond donors (Lipinski definition) is 3. The summed E-state index contributed by atoms with van der Waals surface area (Å²) in [7, 11) is 0. The van der Waals surface area contributed by atoms with Crippen LogP contribution in [0.25, 0.3) is 0 Å². The highest BCUT2D eigenvalue weighted by atomic mass is 32.2. The molecule has 1 rings (SSSR count). The van der Waals surface area contributed by atoms with E-state index in [2.05, 4.69) is 5.32 Å². The van der Waals surface area contributed by atoms with Gasteiger partial charge in [-0.2, -0.15) is 0 Å². The van der Waals surface area contributed by atoms with Gasteiger partial charge in [-0.05, 0) is 30.7 Å². The molecule has 3 N–H and O–H groups in total. The number of aliphatic carboxylic acids is 1. The molecule has 0 aromatic heterocycles. The van der Waals surface area contributed by atoms with Gasteiger partial charge >= 0.3 is 11.9 Å². The number of hydrogen-bond acceptors (Lipinski definition) is 4. The molecule has 0 unspecified atom stereocenters. The number of carboxylic acid groups (broad SMARTS) is 2. The summed E-state index contributed by atoms with van der Waals surface area (Å²) < 4.78 is 0. The van der Waals surface area contributed by atoms with Crippen LogP contribution in [0, 0.1) is 6.92 Å². The molecule has 0 radical (unpaired) electrons. The second kappa shape index (κ2) is 6.79. The van der Waals surface area contributed by atoms with Crippen LogP contribution in [-0.4, -0.2) is 39.6 Å². The van der Waals surface area contributed by atoms with Crippen molar-refractivity contribution in [3.8, 4) is 0 Å². The van der Waals surface area contributed by atoms with Crippen LogP contribution < -0.4 is 5.32 Å². The van der Waals surface area contributed by atoms with E-state index in [0.29, 0.717) is 11.3 Å². The van der Waals surface area contributed by atoms with Crippen LogP contribution in [0.15, 0.2) is 18.2 Å². The van der Waals surface area contributed by atoms with Crippen molar-refractivity contribution in [1.82, 2.24) is 0 Å². The van der Waals surface area contributed by atoms with Crippen molar-refractivity contribution < 1.29 is 24.6 Å². The Labute approximate surface area is 113 Å². The molecule has 0 fully saturated rings. The minimum Gasteiger partial charge on any atom is -0.481 e. The summed E-state index contributed by atoms with van der Waals surface area (Å²) in [5.74, 6) is -2.42. The Morgan fingerprint density at radius 3 is 2.42 bits per heavy atom. The van der Waals surface area contributed by atoms with Crippen LogP contribution in [0.3, 0.4) is 0 Å². The lowest BCUT2D eigenvalue weighted by molar-refractivity contribution is -0.133. The number of benzene rings is 1. The number of aromatic carboxylic acids is 1. The summed E-state index contributed by atoms with van der Waals surface area (Å²) in [5.41, 5.74) is 1.30. The van der Waals surface area contributed by atoms with Crippen molar-refractivity contribution in [3.05, 3.63) is 29.3 Å². The van der Waals surface area contributed by atoms with Gasteiger partial charge in [0.05, 0.1) is 17.1 Å². The van der Waals surface area contributed by atoms with Gasteiger partial charge in [-0.15, -0.1) is 11.8 Å². The van der Waals surface area contributed by atoms with E-state index in [1.165, 1.54) is 18.2 Å². The highest BCUT2D eigenvalue weighted by Crippen LogP contribution is 2.17.